The van der Waals surface area contributed by atoms with Gasteiger partial charge < -0.3 is 16.4 Å². The van der Waals surface area contributed by atoms with E-state index in [1.54, 1.807) is 24.3 Å². The van der Waals surface area contributed by atoms with Gasteiger partial charge in [-0.1, -0.05) is 19.1 Å². The lowest BCUT2D eigenvalue weighted by atomic mass is 10.1. The van der Waals surface area contributed by atoms with E-state index in [4.69, 9.17) is 5.73 Å². The summed E-state index contributed by atoms with van der Waals surface area (Å²) in [6.07, 6.45) is -3.62. The molecule has 2 aromatic carbocycles. The van der Waals surface area contributed by atoms with Gasteiger partial charge in [-0.05, 0) is 42.3 Å². The van der Waals surface area contributed by atoms with Crippen molar-refractivity contribution in [2.75, 3.05) is 22.9 Å². The SMILES string of the molecule is CCCNc1ccc(C(F)(F)F)cc1NC(=O)Cc1ccc(N)cc1. The quantitative estimate of drug-likeness (QED) is 0.680. The summed E-state index contributed by atoms with van der Waals surface area (Å²) in [6, 6.07) is 10.0. The molecule has 134 valence electrons. The van der Waals surface area contributed by atoms with Gasteiger partial charge in [0.15, 0.2) is 0 Å². The van der Waals surface area contributed by atoms with Crippen LogP contribution in [0.25, 0.3) is 0 Å². The molecule has 4 N–H and O–H groups in total. The first kappa shape index (κ1) is 18.6. The zero-order valence-corrected chi connectivity index (χ0v) is 13.8. The van der Waals surface area contributed by atoms with Gasteiger partial charge in [0.25, 0.3) is 0 Å². The van der Waals surface area contributed by atoms with E-state index in [0.717, 1.165) is 24.1 Å². The molecule has 0 bridgehead atoms. The maximum absolute atomic E-state index is 12.9. The maximum Gasteiger partial charge on any atom is 0.416 e. The summed E-state index contributed by atoms with van der Waals surface area (Å²) in [5.41, 5.74) is 6.66. The smallest absolute Gasteiger partial charge is 0.399 e. The normalized spacial score (nSPS) is 11.2. The molecule has 0 unspecified atom stereocenters. The molecule has 0 spiro atoms. The van der Waals surface area contributed by atoms with Crippen LogP contribution in [0.5, 0.6) is 0 Å². The number of hydrogen-bond donors (Lipinski definition) is 3. The molecule has 0 aliphatic rings. The van der Waals surface area contributed by atoms with Crippen molar-refractivity contribution in [3.05, 3.63) is 53.6 Å². The molecule has 0 aliphatic carbocycles. The predicted molar refractivity (Wildman–Crippen MR) is 93.4 cm³/mol. The number of benzene rings is 2. The van der Waals surface area contributed by atoms with Crippen LogP contribution in [0.2, 0.25) is 0 Å². The number of nitrogen functional groups attached to an aromatic ring is 1. The first-order chi connectivity index (χ1) is 11.8. The van der Waals surface area contributed by atoms with Crippen LogP contribution in [0, 0.1) is 0 Å². The highest BCUT2D eigenvalue weighted by Crippen LogP contribution is 2.34. The molecular weight excluding hydrogens is 331 g/mol. The van der Waals surface area contributed by atoms with Crippen molar-refractivity contribution in [3.63, 3.8) is 0 Å². The summed E-state index contributed by atoms with van der Waals surface area (Å²) in [5.74, 6) is -0.399. The Morgan fingerprint density at radius 2 is 1.76 bits per heavy atom. The van der Waals surface area contributed by atoms with E-state index in [-0.39, 0.29) is 12.1 Å². The minimum Gasteiger partial charge on any atom is -0.399 e. The summed E-state index contributed by atoms with van der Waals surface area (Å²) in [4.78, 5) is 12.2. The largest absolute Gasteiger partial charge is 0.416 e. The molecule has 0 saturated carbocycles. The molecule has 4 nitrogen and oxygen atoms in total. The summed E-state index contributed by atoms with van der Waals surface area (Å²) in [7, 11) is 0. The van der Waals surface area contributed by atoms with Gasteiger partial charge in [-0.2, -0.15) is 13.2 Å². The molecular formula is C18H20F3N3O. The minimum absolute atomic E-state index is 0.0454. The predicted octanol–water partition coefficient (Wildman–Crippen LogP) is 4.29. The van der Waals surface area contributed by atoms with E-state index >= 15 is 0 Å². The molecule has 2 aromatic rings. The molecule has 0 fully saturated rings. The number of carbonyl (C=O) groups excluding carboxylic acids is 1. The Hall–Kier alpha value is -2.70. The molecule has 2 rings (SSSR count). The van der Waals surface area contributed by atoms with Crippen molar-refractivity contribution in [2.45, 2.75) is 25.9 Å². The van der Waals surface area contributed by atoms with Gasteiger partial charge in [-0.25, -0.2) is 0 Å². The van der Waals surface area contributed by atoms with Crippen molar-refractivity contribution in [1.29, 1.82) is 0 Å². The average molecular weight is 351 g/mol. The number of anilines is 3. The van der Waals surface area contributed by atoms with Crippen molar-refractivity contribution < 1.29 is 18.0 Å². The number of halogens is 3. The molecule has 1 amide bonds. The van der Waals surface area contributed by atoms with E-state index in [9.17, 15) is 18.0 Å². The van der Waals surface area contributed by atoms with Crippen molar-refractivity contribution in [2.24, 2.45) is 0 Å². The van der Waals surface area contributed by atoms with Crippen LogP contribution in [0.3, 0.4) is 0 Å². The maximum atomic E-state index is 12.9. The van der Waals surface area contributed by atoms with Gasteiger partial charge in [-0.15, -0.1) is 0 Å². The van der Waals surface area contributed by atoms with Crippen molar-refractivity contribution in [1.82, 2.24) is 0 Å². The van der Waals surface area contributed by atoms with Crippen LogP contribution in [-0.4, -0.2) is 12.5 Å². The second-order valence-electron chi connectivity index (χ2n) is 5.65. The van der Waals surface area contributed by atoms with Gasteiger partial charge in [-0.3, -0.25) is 4.79 Å². The molecule has 25 heavy (non-hydrogen) atoms. The van der Waals surface area contributed by atoms with Crippen molar-refractivity contribution >= 4 is 23.0 Å². The van der Waals surface area contributed by atoms with Gasteiger partial charge in [0.05, 0.1) is 23.4 Å². The highest BCUT2D eigenvalue weighted by molar-refractivity contribution is 5.95. The first-order valence-electron chi connectivity index (χ1n) is 7.89. The topological polar surface area (TPSA) is 67.1 Å². The number of nitrogens with one attached hydrogen (secondary N) is 2. The van der Waals surface area contributed by atoms with Gasteiger partial charge >= 0.3 is 6.18 Å². The van der Waals surface area contributed by atoms with Gasteiger partial charge in [0.1, 0.15) is 0 Å². The van der Waals surface area contributed by atoms with Gasteiger partial charge in [0, 0.05) is 12.2 Å². The van der Waals surface area contributed by atoms with E-state index in [1.807, 2.05) is 6.92 Å². The highest BCUT2D eigenvalue weighted by Gasteiger charge is 2.31. The number of rotatable bonds is 6. The average Bonchev–Trinajstić information content (AvgIpc) is 2.55. The number of carbonyl (C=O) groups is 1. The summed E-state index contributed by atoms with van der Waals surface area (Å²) in [6.45, 7) is 2.53. The number of amides is 1. The lowest BCUT2D eigenvalue weighted by Gasteiger charge is -2.16. The summed E-state index contributed by atoms with van der Waals surface area (Å²) < 4.78 is 38.8. The standard InChI is InChI=1S/C18H20F3N3O/c1-2-9-23-15-8-5-13(18(19,20)21)11-16(15)24-17(25)10-12-3-6-14(22)7-4-12/h3-8,11,23H,2,9-10,22H2,1H3,(H,24,25). The first-order valence-corrected chi connectivity index (χ1v) is 7.89. The van der Waals surface area contributed by atoms with Crippen LogP contribution < -0.4 is 16.4 Å². The minimum atomic E-state index is -4.47. The lowest BCUT2D eigenvalue weighted by molar-refractivity contribution is -0.137. The zero-order valence-electron chi connectivity index (χ0n) is 13.8. The van der Waals surface area contributed by atoms with Gasteiger partial charge in [0.2, 0.25) is 5.91 Å². The Balaban J connectivity index is 2.19. The Kier molecular flexibility index (Phi) is 5.90. The monoisotopic (exact) mass is 351 g/mol. The third-order valence-corrected chi connectivity index (χ3v) is 3.53. The molecule has 0 heterocycles. The van der Waals surface area contributed by atoms with E-state index < -0.39 is 17.6 Å². The third-order valence-electron chi connectivity index (χ3n) is 3.53. The number of alkyl halides is 3. The molecule has 0 saturated heterocycles. The van der Waals surface area contributed by atoms with Crippen LogP contribution in [-0.2, 0) is 17.4 Å². The molecule has 0 aromatic heterocycles. The van der Waals surface area contributed by atoms with Crippen LogP contribution in [0.4, 0.5) is 30.2 Å². The molecule has 0 radical (unpaired) electrons. The van der Waals surface area contributed by atoms with E-state index in [2.05, 4.69) is 10.6 Å². The fraction of sp³-hybridized carbons (Fsp3) is 0.278. The molecule has 0 atom stereocenters. The van der Waals surface area contributed by atoms with Crippen molar-refractivity contribution in [3.8, 4) is 0 Å². The Morgan fingerprint density at radius 1 is 1.08 bits per heavy atom. The fourth-order valence-corrected chi connectivity index (χ4v) is 2.25. The van der Waals surface area contributed by atoms with Crippen LogP contribution in [0.15, 0.2) is 42.5 Å². The van der Waals surface area contributed by atoms with Crippen LogP contribution >= 0.6 is 0 Å². The summed E-state index contributed by atoms with van der Waals surface area (Å²) in [5, 5.41) is 5.58. The Morgan fingerprint density at radius 3 is 2.36 bits per heavy atom. The number of hydrogen-bond acceptors (Lipinski definition) is 3. The highest BCUT2D eigenvalue weighted by atomic mass is 19.4. The Bertz CT molecular complexity index is 727. The van der Waals surface area contributed by atoms with E-state index in [0.29, 0.717) is 17.9 Å². The second kappa shape index (κ2) is 7.92. The van der Waals surface area contributed by atoms with E-state index in [1.165, 1.54) is 6.07 Å². The Labute approximate surface area is 144 Å². The second-order valence-corrected chi connectivity index (χ2v) is 5.65. The molecule has 0 aliphatic heterocycles. The fourth-order valence-electron chi connectivity index (χ4n) is 2.25. The van der Waals surface area contributed by atoms with Crippen LogP contribution in [0.1, 0.15) is 24.5 Å². The zero-order chi connectivity index (χ0) is 18.4. The lowest BCUT2D eigenvalue weighted by Crippen LogP contribution is -2.17. The summed E-state index contributed by atoms with van der Waals surface area (Å²) >= 11 is 0. The third kappa shape index (κ3) is 5.41. The molecule has 7 heteroatoms. The number of nitrogens with two attached hydrogens (primary N) is 1.